The zero-order chi connectivity index (χ0) is 22.0. The van der Waals surface area contributed by atoms with Crippen molar-refractivity contribution in [1.82, 2.24) is 4.98 Å². The lowest BCUT2D eigenvalue weighted by molar-refractivity contribution is -0.136. The summed E-state index contributed by atoms with van der Waals surface area (Å²) in [4.78, 5) is 16.7. The second kappa shape index (κ2) is 8.40. The lowest BCUT2D eigenvalue weighted by Gasteiger charge is -2.16. The summed E-state index contributed by atoms with van der Waals surface area (Å²) in [6.07, 6.45) is -3.23. The van der Waals surface area contributed by atoms with Crippen molar-refractivity contribution in [3.05, 3.63) is 95.1 Å². The Morgan fingerprint density at radius 2 is 1.65 bits per heavy atom. The molecule has 3 aromatic carbocycles. The molecule has 0 unspecified atom stereocenters. The molecule has 0 radical (unpaired) electrons. The lowest BCUT2D eigenvalue weighted by atomic mass is 9.93. The van der Waals surface area contributed by atoms with Crippen molar-refractivity contribution in [2.45, 2.75) is 12.6 Å². The van der Waals surface area contributed by atoms with E-state index in [1.807, 2.05) is 6.07 Å². The molecule has 0 fully saturated rings. The second-order valence-electron chi connectivity index (χ2n) is 6.96. The number of alkyl halides is 3. The summed E-state index contributed by atoms with van der Waals surface area (Å²) in [6, 6.07) is 19.6. The van der Waals surface area contributed by atoms with Gasteiger partial charge in [0.2, 0.25) is 5.91 Å². The maximum Gasteiger partial charge on any atom is 0.418 e. The van der Waals surface area contributed by atoms with Gasteiger partial charge in [0, 0.05) is 22.3 Å². The number of halogens is 4. The average Bonchev–Trinajstić information content (AvgIpc) is 2.74. The number of rotatable bonds is 4. The third-order valence-electron chi connectivity index (χ3n) is 4.82. The van der Waals surface area contributed by atoms with Crippen LogP contribution in [0.25, 0.3) is 22.0 Å². The second-order valence-corrected chi connectivity index (χ2v) is 7.39. The number of nitrogens with zero attached hydrogens (tertiary/aromatic N) is 1. The van der Waals surface area contributed by atoms with E-state index in [1.165, 1.54) is 12.3 Å². The highest BCUT2D eigenvalue weighted by atomic mass is 35.5. The highest BCUT2D eigenvalue weighted by molar-refractivity contribution is 6.30. The van der Waals surface area contributed by atoms with Crippen molar-refractivity contribution in [2.75, 3.05) is 5.32 Å². The molecule has 156 valence electrons. The van der Waals surface area contributed by atoms with Crippen LogP contribution >= 0.6 is 11.6 Å². The Morgan fingerprint density at radius 1 is 0.935 bits per heavy atom. The first-order chi connectivity index (χ1) is 14.8. The van der Waals surface area contributed by atoms with E-state index in [2.05, 4.69) is 10.3 Å². The van der Waals surface area contributed by atoms with Crippen LogP contribution in [-0.4, -0.2) is 10.9 Å². The maximum atomic E-state index is 13.5. The number of carbonyl (C=O) groups is 1. The third-order valence-corrected chi connectivity index (χ3v) is 5.07. The van der Waals surface area contributed by atoms with Gasteiger partial charge in [0.15, 0.2) is 0 Å². The highest BCUT2D eigenvalue weighted by Gasteiger charge is 2.33. The van der Waals surface area contributed by atoms with Crippen molar-refractivity contribution < 1.29 is 18.0 Å². The molecule has 0 saturated heterocycles. The standard InChI is InChI=1S/C24H16ClF3N2O/c25-17-9-11-18(12-10-17)30-21(31)13-16-14-29-23-19(7-4-8-20(23)24(26,27)28)22(16)15-5-2-1-3-6-15/h1-12,14H,13H2,(H,30,31). The molecule has 0 atom stereocenters. The van der Waals surface area contributed by atoms with E-state index in [1.54, 1.807) is 54.6 Å². The number of pyridine rings is 1. The summed E-state index contributed by atoms with van der Waals surface area (Å²) in [5.74, 6) is -0.312. The molecule has 7 heteroatoms. The molecule has 1 aromatic heterocycles. The first kappa shape index (κ1) is 20.9. The fourth-order valence-corrected chi connectivity index (χ4v) is 3.61. The van der Waals surface area contributed by atoms with E-state index in [0.717, 1.165) is 6.07 Å². The predicted molar refractivity (Wildman–Crippen MR) is 116 cm³/mol. The number of hydrogen-bond donors (Lipinski definition) is 1. The molecule has 0 aliphatic heterocycles. The summed E-state index contributed by atoms with van der Waals surface area (Å²) in [5, 5.41) is 3.66. The van der Waals surface area contributed by atoms with E-state index in [9.17, 15) is 18.0 Å². The first-order valence-corrected chi connectivity index (χ1v) is 9.79. The van der Waals surface area contributed by atoms with E-state index >= 15 is 0 Å². The Bertz CT molecular complexity index is 1240. The molecular formula is C24H16ClF3N2O. The van der Waals surface area contributed by atoms with Gasteiger partial charge in [-0.1, -0.05) is 54.1 Å². The molecule has 0 aliphatic rings. The fraction of sp³-hybridized carbons (Fsp3) is 0.0833. The number of fused-ring (bicyclic) bond motifs is 1. The van der Waals surface area contributed by atoms with Gasteiger partial charge in [-0.15, -0.1) is 0 Å². The Kier molecular flexibility index (Phi) is 5.65. The van der Waals surface area contributed by atoms with Crippen molar-refractivity contribution in [1.29, 1.82) is 0 Å². The van der Waals surface area contributed by atoms with Gasteiger partial charge in [-0.05, 0) is 47.0 Å². The number of aromatic nitrogens is 1. The Balaban J connectivity index is 1.79. The summed E-state index contributed by atoms with van der Waals surface area (Å²) in [5.41, 5.74) is 1.43. The van der Waals surface area contributed by atoms with E-state index in [4.69, 9.17) is 11.6 Å². The molecule has 4 rings (SSSR count). The number of benzene rings is 3. The molecule has 0 bridgehead atoms. The van der Waals surface area contributed by atoms with Gasteiger partial charge in [-0.3, -0.25) is 9.78 Å². The molecule has 31 heavy (non-hydrogen) atoms. The fourth-order valence-electron chi connectivity index (χ4n) is 3.48. The van der Waals surface area contributed by atoms with Crippen LogP contribution in [0.3, 0.4) is 0 Å². The van der Waals surface area contributed by atoms with Crippen molar-refractivity contribution in [3.63, 3.8) is 0 Å². The lowest BCUT2D eigenvalue weighted by Crippen LogP contribution is -2.15. The molecule has 0 saturated carbocycles. The van der Waals surface area contributed by atoms with Gasteiger partial charge in [0.25, 0.3) is 0 Å². The van der Waals surface area contributed by atoms with Crippen LogP contribution in [0.4, 0.5) is 18.9 Å². The van der Waals surface area contributed by atoms with Gasteiger partial charge in [-0.2, -0.15) is 13.2 Å². The number of carbonyl (C=O) groups excluding carboxylic acids is 1. The largest absolute Gasteiger partial charge is 0.418 e. The molecule has 3 nitrogen and oxygen atoms in total. The van der Waals surface area contributed by atoms with Crippen molar-refractivity contribution in [3.8, 4) is 11.1 Å². The number of anilines is 1. The van der Waals surface area contributed by atoms with Crippen LogP contribution in [-0.2, 0) is 17.4 Å². The van der Waals surface area contributed by atoms with Crippen molar-refractivity contribution >= 4 is 34.1 Å². The summed E-state index contributed by atoms with van der Waals surface area (Å²) >= 11 is 5.87. The van der Waals surface area contributed by atoms with E-state index in [-0.39, 0.29) is 17.8 Å². The molecule has 0 aliphatic carbocycles. The molecule has 1 amide bonds. The number of nitrogens with one attached hydrogen (secondary N) is 1. The third kappa shape index (κ3) is 4.54. The van der Waals surface area contributed by atoms with Gasteiger partial charge >= 0.3 is 6.18 Å². The zero-order valence-electron chi connectivity index (χ0n) is 16.1. The number of amides is 1. The summed E-state index contributed by atoms with van der Waals surface area (Å²) < 4.78 is 40.6. The minimum absolute atomic E-state index is 0.0496. The van der Waals surface area contributed by atoms with Crippen LogP contribution in [0, 0.1) is 0 Å². The minimum atomic E-state index is -4.53. The molecule has 0 spiro atoms. The first-order valence-electron chi connectivity index (χ1n) is 9.41. The molecule has 1 heterocycles. The van der Waals surface area contributed by atoms with Crippen LogP contribution < -0.4 is 5.32 Å². The zero-order valence-corrected chi connectivity index (χ0v) is 16.8. The summed E-state index contributed by atoms with van der Waals surface area (Å²) in [7, 11) is 0. The molecular weight excluding hydrogens is 425 g/mol. The Hall–Kier alpha value is -3.38. The number of para-hydroxylation sites is 1. The topological polar surface area (TPSA) is 42.0 Å². The minimum Gasteiger partial charge on any atom is -0.326 e. The van der Waals surface area contributed by atoms with Gasteiger partial charge < -0.3 is 5.32 Å². The van der Waals surface area contributed by atoms with Crippen LogP contribution in [0.5, 0.6) is 0 Å². The van der Waals surface area contributed by atoms with Crippen LogP contribution in [0.2, 0.25) is 5.02 Å². The van der Waals surface area contributed by atoms with Gasteiger partial charge in [0.1, 0.15) is 0 Å². The number of hydrogen-bond acceptors (Lipinski definition) is 2. The normalized spacial score (nSPS) is 11.5. The smallest absolute Gasteiger partial charge is 0.326 e. The Labute approximate surface area is 181 Å². The monoisotopic (exact) mass is 440 g/mol. The van der Waals surface area contributed by atoms with Gasteiger partial charge in [0.05, 0.1) is 17.5 Å². The highest BCUT2D eigenvalue weighted by Crippen LogP contribution is 2.38. The predicted octanol–water partition coefficient (Wildman–Crippen LogP) is 6.76. The average molecular weight is 441 g/mol. The van der Waals surface area contributed by atoms with Crippen LogP contribution in [0.1, 0.15) is 11.1 Å². The molecule has 4 aromatic rings. The molecule has 1 N–H and O–H groups in total. The van der Waals surface area contributed by atoms with Crippen molar-refractivity contribution in [2.24, 2.45) is 0 Å². The summed E-state index contributed by atoms with van der Waals surface area (Å²) in [6.45, 7) is 0. The van der Waals surface area contributed by atoms with Crippen LogP contribution in [0.15, 0.2) is 79.0 Å². The van der Waals surface area contributed by atoms with E-state index < -0.39 is 11.7 Å². The Morgan fingerprint density at radius 3 is 2.32 bits per heavy atom. The SMILES string of the molecule is O=C(Cc1cnc2c(C(F)(F)F)cccc2c1-c1ccccc1)Nc1ccc(Cl)cc1. The maximum absolute atomic E-state index is 13.5. The quantitative estimate of drug-likeness (QED) is 0.381. The van der Waals surface area contributed by atoms with Gasteiger partial charge in [-0.25, -0.2) is 0 Å². The van der Waals surface area contributed by atoms with E-state index in [0.29, 0.717) is 32.8 Å².